The van der Waals surface area contributed by atoms with Gasteiger partial charge >= 0.3 is 5.97 Å². The number of hydrazone groups is 1. The predicted octanol–water partition coefficient (Wildman–Crippen LogP) is 3.13. The summed E-state index contributed by atoms with van der Waals surface area (Å²) in [6.45, 7) is 0. The molecule has 0 atom stereocenters. The van der Waals surface area contributed by atoms with Crippen LogP contribution in [-0.2, 0) is 4.79 Å². The highest BCUT2D eigenvalue weighted by Crippen LogP contribution is 2.15. The van der Waals surface area contributed by atoms with E-state index in [1.54, 1.807) is 24.3 Å². The molecule has 7 heteroatoms. The quantitative estimate of drug-likeness (QED) is 0.177. The molecule has 0 unspecified atom stereocenters. The van der Waals surface area contributed by atoms with Crippen LogP contribution in [0.1, 0.15) is 21.5 Å². The lowest BCUT2D eigenvalue weighted by atomic mass is 10.0. The Bertz CT molecular complexity index is 905. The van der Waals surface area contributed by atoms with Crippen LogP contribution < -0.4 is 11.2 Å². The van der Waals surface area contributed by atoms with Gasteiger partial charge in [-0.3, -0.25) is 4.79 Å². The molecule has 6 nitrogen and oxygen atoms in total. The zero-order valence-corrected chi connectivity index (χ0v) is 13.6. The molecule has 0 aliphatic carbocycles. The summed E-state index contributed by atoms with van der Waals surface area (Å²) in [5.41, 5.74) is 1.79. The molecular formula is C19H16FN3O3. The van der Waals surface area contributed by atoms with E-state index in [0.29, 0.717) is 0 Å². The van der Waals surface area contributed by atoms with E-state index in [-0.39, 0.29) is 16.9 Å². The number of anilines is 1. The van der Waals surface area contributed by atoms with Crippen molar-refractivity contribution in [3.8, 4) is 0 Å². The van der Waals surface area contributed by atoms with Crippen LogP contribution in [0, 0.1) is 5.82 Å². The molecule has 0 heterocycles. The molecule has 0 amide bonds. The lowest BCUT2D eigenvalue weighted by molar-refractivity contribution is -0.131. The van der Waals surface area contributed by atoms with E-state index in [4.69, 9.17) is 10.9 Å². The summed E-state index contributed by atoms with van der Waals surface area (Å²) in [6, 6.07) is 11.0. The van der Waals surface area contributed by atoms with Gasteiger partial charge < -0.3 is 16.3 Å². The minimum atomic E-state index is -1.20. The van der Waals surface area contributed by atoms with Crippen LogP contribution in [0.25, 0.3) is 12.2 Å². The van der Waals surface area contributed by atoms with Gasteiger partial charge in [0.15, 0.2) is 5.78 Å². The molecule has 0 saturated carbocycles. The number of nitrogens with one attached hydrogen (secondary N) is 1. The Labute approximate surface area is 149 Å². The molecule has 0 saturated heterocycles. The first kappa shape index (κ1) is 18.6. The molecule has 0 aliphatic rings. The number of aliphatic carboxylic acids is 1. The van der Waals surface area contributed by atoms with Gasteiger partial charge in [0.05, 0.1) is 0 Å². The van der Waals surface area contributed by atoms with E-state index >= 15 is 0 Å². The van der Waals surface area contributed by atoms with Gasteiger partial charge in [-0.05, 0) is 48.0 Å². The van der Waals surface area contributed by atoms with Crippen LogP contribution in [0.5, 0.6) is 0 Å². The Morgan fingerprint density at radius 3 is 2.65 bits per heavy atom. The number of rotatable bonds is 7. The summed E-state index contributed by atoms with van der Waals surface area (Å²) in [6.07, 6.45) is 6.22. The third-order valence-corrected chi connectivity index (χ3v) is 3.31. The maximum Gasteiger partial charge on any atom is 0.328 e. The average molecular weight is 353 g/mol. The van der Waals surface area contributed by atoms with Gasteiger partial charge in [-0.25, -0.2) is 9.18 Å². The third-order valence-electron chi connectivity index (χ3n) is 3.31. The SMILES string of the molecule is NN=CNc1cccc(C=CC(=O)c2ccc(F)c(C=CC(=O)O)c2)c1. The minimum Gasteiger partial charge on any atom is -0.478 e. The molecule has 132 valence electrons. The smallest absolute Gasteiger partial charge is 0.328 e. The third kappa shape index (κ3) is 5.41. The van der Waals surface area contributed by atoms with Crippen molar-refractivity contribution in [1.29, 1.82) is 0 Å². The van der Waals surface area contributed by atoms with Crippen LogP contribution in [0.15, 0.2) is 59.7 Å². The number of nitrogens with two attached hydrogens (primary N) is 1. The molecule has 0 fully saturated rings. The highest BCUT2D eigenvalue weighted by molar-refractivity contribution is 6.07. The molecule has 0 bridgehead atoms. The highest BCUT2D eigenvalue weighted by atomic mass is 19.1. The van der Waals surface area contributed by atoms with Crippen molar-refractivity contribution in [2.24, 2.45) is 10.9 Å². The normalized spacial score (nSPS) is 11.4. The van der Waals surface area contributed by atoms with Crippen molar-refractivity contribution in [3.05, 3.63) is 77.1 Å². The number of hydrogen-bond acceptors (Lipinski definition) is 4. The summed E-state index contributed by atoms with van der Waals surface area (Å²) in [5.74, 6) is 2.88. The maximum atomic E-state index is 13.7. The first-order valence-corrected chi connectivity index (χ1v) is 7.51. The van der Waals surface area contributed by atoms with E-state index in [1.807, 2.05) is 6.07 Å². The van der Waals surface area contributed by atoms with E-state index in [1.165, 1.54) is 24.5 Å². The number of allylic oxidation sites excluding steroid dienone is 1. The van der Waals surface area contributed by atoms with Crippen molar-refractivity contribution in [1.82, 2.24) is 0 Å². The molecular weight excluding hydrogens is 337 g/mol. The fraction of sp³-hybridized carbons (Fsp3) is 0. The Morgan fingerprint density at radius 2 is 1.92 bits per heavy atom. The van der Waals surface area contributed by atoms with Gasteiger partial charge in [-0.1, -0.05) is 18.2 Å². The largest absolute Gasteiger partial charge is 0.478 e. The van der Waals surface area contributed by atoms with Crippen LogP contribution in [0.3, 0.4) is 0 Å². The van der Waals surface area contributed by atoms with E-state index in [0.717, 1.165) is 29.5 Å². The van der Waals surface area contributed by atoms with Gasteiger partial charge in [-0.15, -0.1) is 0 Å². The number of carboxylic acids is 1. The topological polar surface area (TPSA) is 105 Å². The minimum absolute atomic E-state index is 0.0268. The molecule has 2 aromatic rings. The van der Waals surface area contributed by atoms with Gasteiger partial charge in [0.1, 0.15) is 12.2 Å². The van der Waals surface area contributed by atoms with Crippen molar-refractivity contribution < 1.29 is 19.1 Å². The number of nitrogens with zero attached hydrogens (tertiary/aromatic N) is 1. The second-order valence-corrected chi connectivity index (χ2v) is 5.15. The summed E-state index contributed by atoms with van der Waals surface area (Å²) < 4.78 is 13.7. The van der Waals surface area contributed by atoms with E-state index in [9.17, 15) is 14.0 Å². The zero-order chi connectivity index (χ0) is 18.9. The number of carboxylic acid groups (broad SMARTS) is 1. The summed E-state index contributed by atoms with van der Waals surface area (Å²) in [7, 11) is 0. The summed E-state index contributed by atoms with van der Waals surface area (Å²) >= 11 is 0. The Balaban J connectivity index is 2.18. The number of ketones is 1. The van der Waals surface area contributed by atoms with Crippen LogP contribution >= 0.6 is 0 Å². The van der Waals surface area contributed by atoms with Crippen LogP contribution in [0.4, 0.5) is 10.1 Å². The monoisotopic (exact) mass is 353 g/mol. The van der Waals surface area contributed by atoms with Gasteiger partial charge in [0.25, 0.3) is 0 Å². The number of carbonyl (C=O) groups excluding carboxylic acids is 1. The predicted molar refractivity (Wildman–Crippen MR) is 99.2 cm³/mol. The number of benzene rings is 2. The molecule has 0 aliphatic heterocycles. The molecule has 0 spiro atoms. The second-order valence-electron chi connectivity index (χ2n) is 5.15. The van der Waals surface area contributed by atoms with Crippen molar-refractivity contribution in [3.63, 3.8) is 0 Å². The van der Waals surface area contributed by atoms with Gasteiger partial charge in [0, 0.05) is 22.9 Å². The van der Waals surface area contributed by atoms with Crippen molar-refractivity contribution >= 4 is 35.9 Å². The molecule has 2 rings (SSSR count). The molecule has 0 radical (unpaired) electrons. The van der Waals surface area contributed by atoms with Crippen LogP contribution in [0.2, 0.25) is 0 Å². The molecule has 0 aromatic heterocycles. The van der Waals surface area contributed by atoms with Crippen molar-refractivity contribution in [2.45, 2.75) is 0 Å². The summed E-state index contributed by atoms with van der Waals surface area (Å²) in [5, 5.41) is 14.8. The van der Waals surface area contributed by atoms with Gasteiger partial charge in [0.2, 0.25) is 0 Å². The number of carbonyl (C=O) groups is 2. The molecule has 2 aromatic carbocycles. The van der Waals surface area contributed by atoms with Crippen LogP contribution in [-0.4, -0.2) is 23.2 Å². The molecule has 26 heavy (non-hydrogen) atoms. The summed E-state index contributed by atoms with van der Waals surface area (Å²) in [4.78, 5) is 22.8. The fourth-order valence-corrected chi connectivity index (χ4v) is 2.10. The fourth-order valence-electron chi connectivity index (χ4n) is 2.10. The highest BCUT2D eigenvalue weighted by Gasteiger charge is 2.06. The first-order valence-electron chi connectivity index (χ1n) is 7.51. The van der Waals surface area contributed by atoms with E-state index in [2.05, 4.69) is 10.4 Å². The van der Waals surface area contributed by atoms with Crippen molar-refractivity contribution in [2.75, 3.05) is 5.32 Å². The van der Waals surface area contributed by atoms with E-state index < -0.39 is 11.8 Å². The Hall–Kier alpha value is -3.74. The Kier molecular flexibility index (Phi) is 6.39. The lowest BCUT2D eigenvalue weighted by Crippen LogP contribution is -1.98. The molecule has 4 N–H and O–H groups in total. The Morgan fingerprint density at radius 1 is 1.12 bits per heavy atom. The zero-order valence-electron chi connectivity index (χ0n) is 13.6. The number of hydrogen-bond donors (Lipinski definition) is 3. The standard InChI is InChI=1S/C19H16FN3O3/c20-17-7-5-15(11-14(17)6-9-19(25)26)18(24)8-4-13-2-1-3-16(10-13)22-12-23-21/h1-12H,21H2,(H,22,23)(H,25,26). The second kappa shape index (κ2) is 8.93. The number of halogens is 1. The lowest BCUT2D eigenvalue weighted by Gasteiger charge is -2.02. The maximum absolute atomic E-state index is 13.7. The van der Waals surface area contributed by atoms with Gasteiger partial charge in [-0.2, -0.15) is 5.10 Å². The average Bonchev–Trinajstić information content (AvgIpc) is 2.64. The first-order chi connectivity index (χ1) is 12.5.